The van der Waals surface area contributed by atoms with Gasteiger partial charge in [0.1, 0.15) is 0 Å². The van der Waals surface area contributed by atoms with Crippen molar-refractivity contribution in [3.05, 3.63) is 0 Å². The molecule has 19 heavy (non-hydrogen) atoms. The lowest BCUT2D eigenvalue weighted by atomic mass is 10.1. The number of rotatable bonds is 4. The molecule has 0 saturated carbocycles. The Kier molecular flexibility index (Phi) is 4.64. The van der Waals surface area contributed by atoms with Crippen LogP contribution in [0.2, 0.25) is 0 Å². The van der Waals surface area contributed by atoms with Crippen LogP contribution < -0.4 is 10.0 Å². The molecule has 0 aliphatic carbocycles. The van der Waals surface area contributed by atoms with Gasteiger partial charge in [-0.15, -0.1) is 0 Å². The summed E-state index contributed by atoms with van der Waals surface area (Å²) in [6.07, 6.45) is 2.80. The fourth-order valence-corrected chi connectivity index (χ4v) is 4.20. The Hall–Kier alpha value is -0.860. The number of hydrogen-bond acceptors (Lipinski definition) is 5. The molecule has 2 aliphatic rings. The summed E-state index contributed by atoms with van der Waals surface area (Å²) in [5.74, 6) is 0. The Bertz CT molecular complexity index is 420. The molecular weight excluding hydrogens is 270 g/mol. The molecule has 2 N–H and O–H groups in total. The van der Waals surface area contributed by atoms with E-state index in [2.05, 4.69) is 10.1 Å². The van der Waals surface area contributed by atoms with Crippen molar-refractivity contribution < 1.29 is 17.9 Å². The molecule has 1 amide bonds. The maximum absolute atomic E-state index is 12.2. The Morgan fingerprint density at radius 1 is 1.42 bits per heavy atom. The normalized spacial score (nSPS) is 28.5. The number of nitrogens with one attached hydrogen (secondary N) is 2. The fraction of sp³-hybridized carbons (Fsp3) is 0.909. The number of carbonyl (C=O) groups excluding carboxylic acids is 1. The third-order valence-corrected chi connectivity index (χ3v) is 5.10. The van der Waals surface area contributed by atoms with E-state index in [-0.39, 0.29) is 18.7 Å². The molecule has 2 heterocycles. The van der Waals surface area contributed by atoms with Gasteiger partial charge in [-0.05, 0) is 39.2 Å². The van der Waals surface area contributed by atoms with Crippen LogP contribution >= 0.6 is 0 Å². The molecule has 0 aromatic heterocycles. The van der Waals surface area contributed by atoms with Crippen LogP contribution in [0.1, 0.15) is 32.6 Å². The molecule has 0 radical (unpaired) electrons. The summed E-state index contributed by atoms with van der Waals surface area (Å²) in [7, 11) is -3.80. The summed E-state index contributed by atoms with van der Waals surface area (Å²) in [6.45, 7) is 3.17. The highest BCUT2D eigenvalue weighted by molar-refractivity contribution is 7.87. The summed E-state index contributed by atoms with van der Waals surface area (Å²) < 4.78 is 32.3. The molecule has 8 heteroatoms. The Morgan fingerprint density at radius 3 is 2.84 bits per heavy atom. The monoisotopic (exact) mass is 291 g/mol. The first-order valence-electron chi connectivity index (χ1n) is 6.74. The molecule has 0 aromatic rings. The van der Waals surface area contributed by atoms with E-state index in [1.165, 1.54) is 4.31 Å². The van der Waals surface area contributed by atoms with Gasteiger partial charge < -0.3 is 10.1 Å². The second kappa shape index (κ2) is 6.06. The summed E-state index contributed by atoms with van der Waals surface area (Å²) >= 11 is 0. The van der Waals surface area contributed by atoms with Gasteiger partial charge >= 0.3 is 16.3 Å². The highest BCUT2D eigenvalue weighted by Crippen LogP contribution is 2.26. The molecule has 2 saturated heterocycles. The second-order valence-corrected chi connectivity index (χ2v) is 6.47. The maximum Gasteiger partial charge on any atom is 0.421 e. The topological polar surface area (TPSA) is 87.7 Å². The van der Waals surface area contributed by atoms with E-state index in [0.29, 0.717) is 6.54 Å². The van der Waals surface area contributed by atoms with Gasteiger partial charge in [-0.2, -0.15) is 12.7 Å². The van der Waals surface area contributed by atoms with Crippen LogP contribution in [0.3, 0.4) is 0 Å². The van der Waals surface area contributed by atoms with Crippen LogP contribution in [-0.2, 0) is 14.9 Å². The zero-order chi connectivity index (χ0) is 13.9. The van der Waals surface area contributed by atoms with Gasteiger partial charge in [-0.1, -0.05) is 0 Å². The average Bonchev–Trinajstić information content (AvgIpc) is 2.99. The highest BCUT2D eigenvalue weighted by Gasteiger charge is 2.40. The van der Waals surface area contributed by atoms with Crippen molar-refractivity contribution in [2.45, 2.75) is 44.7 Å². The van der Waals surface area contributed by atoms with Gasteiger partial charge in [-0.3, -0.25) is 0 Å². The summed E-state index contributed by atoms with van der Waals surface area (Å²) in [4.78, 5) is 11.3. The lowest BCUT2D eigenvalue weighted by molar-refractivity contribution is 0.157. The van der Waals surface area contributed by atoms with Gasteiger partial charge in [0, 0.05) is 18.6 Å². The van der Waals surface area contributed by atoms with E-state index >= 15 is 0 Å². The van der Waals surface area contributed by atoms with Crippen LogP contribution in [0.15, 0.2) is 0 Å². The SMILES string of the molecule is CCOC(=O)NS(=O)(=O)N1CCCC1C1CCCN1. The third-order valence-electron chi connectivity index (χ3n) is 3.61. The number of hydrogen-bond donors (Lipinski definition) is 2. The van der Waals surface area contributed by atoms with Gasteiger partial charge in [0.25, 0.3) is 0 Å². The largest absolute Gasteiger partial charge is 0.449 e. The summed E-state index contributed by atoms with van der Waals surface area (Å²) in [5, 5.41) is 3.33. The molecule has 2 atom stereocenters. The van der Waals surface area contributed by atoms with Crippen LogP contribution in [0.25, 0.3) is 0 Å². The van der Waals surface area contributed by atoms with Crippen molar-refractivity contribution in [3.63, 3.8) is 0 Å². The average molecular weight is 291 g/mol. The standard InChI is InChI=1S/C11H21N3O4S/c1-2-18-11(15)13-19(16,17)14-8-4-6-10(14)9-5-3-7-12-9/h9-10,12H,2-8H2,1H3,(H,13,15). The number of carbonyl (C=O) groups is 1. The first-order valence-corrected chi connectivity index (χ1v) is 8.18. The van der Waals surface area contributed by atoms with Crippen LogP contribution in [-0.4, -0.2) is 50.6 Å². The zero-order valence-electron chi connectivity index (χ0n) is 11.1. The van der Waals surface area contributed by atoms with E-state index in [9.17, 15) is 13.2 Å². The van der Waals surface area contributed by atoms with E-state index in [4.69, 9.17) is 0 Å². The van der Waals surface area contributed by atoms with Crippen molar-refractivity contribution >= 4 is 16.3 Å². The van der Waals surface area contributed by atoms with E-state index in [1.807, 2.05) is 4.72 Å². The predicted molar refractivity (Wildman–Crippen MR) is 69.8 cm³/mol. The van der Waals surface area contributed by atoms with Crippen molar-refractivity contribution in [1.29, 1.82) is 0 Å². The first kappa shape index (κ1) is 14.5. The molecule has 0 spiro atoms. The molecule has 2 unspecified atom stereocenters. The minimum atomic E-state index is -3.80. The molecule has 2 aliphatic heterocycles. The minimum absolute atomic E-state index is 0.0607. The van der Waals surface area contributed by atoms with Crippen LogP contribution in [0.5, 0.6) is 0 Å². The first-order chi connectivity index (χ1) is 9.04. The summed E-state index contributed by atoms with van der Waals surface area (Å²) in [5.41, 5.74) is 0. The van der Waals surface area contributed by atoms with Crippen LogP contribution in [0, 0.1) is 0 Å². The van der Waals surface area contributed by atoms with Gasteiger partial charge in [0.15, 0.2) is 0 Å². The predicted octanol–water partition coefficient (Wildman–Crippen LogP) is 0.194. The van der Waals surface area contributed by atoms with Gasteiger partial charge in [-0.25, -0.2) is 9.52 Å². The quantitative estimate of drug-likeness (QED) is 0.772. The fourth-order valence-electron chi connectivity index (χ4n) is 2.83. The molecule has 7 nitrogen and oxygen atoms in total. The number of ether oxygens (including phenoxy) is 1. The minimum Gasteiger partial charge on any atom is -0.449 e. The summed E-state index contributed by atoms with van der Waals surface area (Å²) in [6, 6.07) is 0.135. The van der Waals surface area contributed by atoms with Crippen LogP contribution in [0.4, 0.5) is 4.79 Å². The van der Waals surface area contributed by atoms with Gasteiger partial charge in [0.05, 0.1) is 6.61 Å². The van der Waals surface area contributed by atoms with Crippen molar-refractivity contribution in [1.82, 2.24) is 14.3 Å². The number of amides is 1. The van der Waals surface area contributed by atoms with Gasteiger partial charge in [0.2, 0.25) is 0 Å². The number of nitrogens with zero attached hydrogens (tertiary/aromatic N) is 1. The lowest BCUT2D eigenvalue weighted by Crippen LogP contribution is -2.51. The van der Waals surface area contributed by atoms with E-state index in [0.717, 1.165) is 32.2 Å². The Balaban J connectivity index is 2.03. The molecule has 0 bridgehead atoms. The van der Waals surface area contributed by atoms with Crippen molar-refractivity contribution in [2.24, 2.45) is 0 Å². The molecule has 110 valence electrons. The van der Waals surface area contributed by atoms with E-state index < -0.39 is 16.3 Å². The Labute approximate surface area is 113 Å². The molecule has 0 aromatic carbocycles. The third kappa shape index (κ3) is 3.37. The molecular formula is C11H21N3O4S. The maximum atomic E-state index is 12.2. The van der Waals surface area contributed by atoms with Crippen molar-refractivity contribution in [3.8, 4) is 0 Å². The highest BCUT2D eigenvalue weighted by atomic mass is 32.2. The van der Waals surface area contributed by atoms with E-state index in [1.54, 1.807) is 6.92 Å². The Morgan fingerprint density at radius 2 is 2.21 bits per heavy atom. The lowest BCUT2D eigenvalue weighted by Gasteiger charge is -2.28. The second-order valence-electron chi connectivity index (χ2n) is 4.85. The molecule has 2 fully saturated rings. The molecule has 2 rings (SSSR count). The smallest absolute Gasteiger partial charge is 0.421 e. The zero-order valence-corrected chi connectivity index (χ0v) is 11.9. The van der Waals surface area contributed by atoms with Crippen molar-refractivity contribution in [2.75, 3.05) is 19.7 Å².